The smallest absolute Gasteiger partial charge is 0.160 e. The van der Waals surface area contributed by atoms with Crippen LogP contribution in [0.25, 0.3) is 10.9 Å². The predicted molar refractivity (Wildman–Crippen MR) is 162 cm³/mol. The van der Waals surface area contributed by atoms with Crippen molar-refractivity contribution in [3.8, 4) is 0 Å². The molecule has 0 aliphatic carbocycles. The third kappa shape index (κ3) is 6.90. The van der Waals surface area contributed by atoms with E-state index in [2.05, 4.69) is 59.1 Å². The molecule has 1 aromatic carbocycles. The second-order valence-electron chi connectivity index (χ2n) is 11.2. The van der Waals surface area contributed by atoms with Gasteiger partial charge in [-0.05, 0) is 74.3 Å². The van der Waals surface area contributed by atoms with Crippen molar-refractivity contribution < 1.29 is 9.47 Å². The molecule has 2 fully saturated rings. The molecule has 6 nitrogen and oxygen atoms in total. The number of rotatable bonds is 12. The first-order valence-electron chi connectivity index (χ1n) is 15.1. The molecule has 1 N–H and O–H groups in total. The molecular formula is C32H45ClN4O2. The molecule has 2 aliphatic heterocycles. The number of nitrogens with zero attached hydrogens (tertiary/aromatic N) is 3. The standard InChI is InChI=1S/C32H45ClN4O2/c1-3-5-21-38-32(39-22-6-4-2)25-14-19-37(20-15-25)30-10-7-26(23-35-30)24-12-17-36(18-13-24)29-9-8-28(33)27-11-16-34-31(27)29/h7-11,16,23-25,32,34H,3-6,12-15,17-22H2,1-2H3. The van der Waals surface area contributed by atoms with Gasteiger partial charge in [-0.15, -0.1) is 0 Å². The lowest BCUT2D eigenvalue weighted by Gasteiger charge is -2.36. The van der Waals surface area contributed by atoms with E-state index in [0.717, 1.165) is 113 Å². The van der Waals surface area contributed by atoms with Crippen LogP contribution in [0.1, 0.15) is 76.7 Å². The van der Waals surface area contributed by atoms with Gasteiger partial charge in [0.2, 0.25) is 0 Å². The van der Waals surface area contributed by atoms with Crippen molar-refractivity contribution in [3.63, 3.8) is 0 Å². The fourth-order valence-corrected chi connectivity index (χ4v) is 6.28. The SMILES string of the molecule is CCCCOC(OCCCC)C1CCN(c2ccc(C3CCN(c4ccc(Cl)c5cc[nH]c45)CC3)cn2)CC1. The van der Waals surface area contributed by atoms with Crippen LogP contribution in [0.4, 0.5) is 11.5 Å². The van der Waals surface area contributed by atoms with Crippen molar-refractivity contribution in [1.29, 1.82) is 0 Å². The average Bonchev–Trinajstić information content (AvgIpc) is 3.48. The van der Waals surface area contributed by atoms with E-state index in [1.54, 1.807) is 0 Å². The molecular weight excluding hydrogens is 508 g/mol. The van der Waals surface area contributed by atoms with Gasteiger partial charge in [-0.3, -0.25) is 0 Å². The van der Waals surface area contributed by atoms with Crippen LogP contribution in [0.15, 0.2) is 42.7 Å². The van der Waals surface area contributed by atoms with E-state index in [-0.39, 0.29) is 6.29 Å². The van der Waals surface area contributed by atoms with Gasteiger partial charge in [-0.2, -0.15) is 0 Å². The third-order valence-corrected chi connectivity index (χ3v) is 8.86. The van der Waals surface area contributed by atoms with Gasteiger partial charge >= 0.3 is 0 Å². The van der Waals surface area contributed by atoms with Crippen molar-refractivity contribution in [2.24, 2.45) is 5.92 Å². The summed E-state index contributed by atoms with van der Waals surface area (Å²) >= 11 is 6.39. The van der Waals surface area contributed by atoms with Gasteiger partial charge in [0.25, 0.3) is 0 Å². The third-order valence-electron chi connectivity index (χ3n) is 8.53. The number of fused-ring (bicyclic) bond motifs is 1. The van der Waals surface area contributed by atoms with Gasteiger partial charge in [0, 0.05) is 63.1 Å². The topological polar surface area (TPSA) is 53.6 Å². The molecule has 0 spiro atoms. The monoisotopic (exact) mass is 552 g/mol. The van der Waals surface area contributed by atoms with Crippen LogP contribution < -0.4 is 9.80 Å². The second-order valence-corrected chi connectivity index (χ2v) is 11.6. The van der Waals surface area contributed by atoms with Crippen LogP contribution in [0.3, 0.4) is 0 Å². The molecule has 2 aliphatic rings. The fraction of sp³-hybridized carbons (Fsp3) is 0.594. The Hall–Kier alpha value is -2.28. The lowest BCUT2D eigenvalue weighted by atomic mass is 9.90. The lowest BCUT2D eigenvalue weighted by molar-refractivity contribution is -0.177. The summed E-state index contributed by atoms with van der Waals surface area (Å²) in [6.07, 6.45) is 13.0. The number of aromatic nitrogens is 2. The first kappa shape index (κ1) is 28.3. The molecule has 7 heteroatoms. The van der Waals surface area contributed by atoms with Gasteiger partial charge in [-0.25, -0.2) is 4.98 Å². The van der Waals surface area contributed by atoms with Crippen LogP contribution in [0.2, 0.25) is 5.02 Å². The molecule has 0 unspecified atom stereocenters. The van der Waals surface area contributed by atoms with Crippen LogP contribution in [0.5, 0.6) is 0 Å². The molecule has 0 saturated carbocycles. The Bertz CT molecular complexity index is 1140. The number of nitrogens with one attached hydrogen (secondary N) is 1. The first-order valence-corrected chi connectivity index (χ1v) is 15.5. The van der Waals surface area contributed by atoms with Crippen LogP contribution in [0, 0.1) is 5.92 Å². The number of ether oxygens (including phenoxy) is 2. The summed E-state index contributed by atoms with van der Waals surface area (Å²) in [7, 11) is 0. The molecule has 3 aromatic rings. The van der Waals surface area contributed by atoms with Crippen molar-refractivity contribution in [3.05, 3.63) is 53.3 Å². The molecule has 0 radical (unpaired) electrons. The van der Waals surface area contributed by atoms with E-state index < -0.39 is 0 Å². The van der Waals surface area contributed by atoms with E-state index in [9.17, 15) is 0 Å². The van der Waals surface area contributed by atoms with E-state index >= 15 is 0 Å². The molecule has 2 saturated heterocycles. The van der Waals surface area contributed by atoms with Crippen LogP contribution >= 0.6 is 11.6 Å². The maximum absolute atomic E-state index is 6.39. The Morgan fingerprint density at radius 1 is 0.897 bits per heavy atom. The number of unbranched alkanes of at least 4 members (excludes halogenated alkanes) is 2. The minimum atomic E-state index is -0.0626. The predicted octanol–water partition coefficient (Wildman–Crippen LogP) is 7.78. The zero-order chi connectivity index (χ0) is 27.0. The number of pyridine rings is 1. The molecule has 4 heterocycles. The largest absolute Gasteiger partial charge is 0.370 e. The summed E-state index contributed by atoms with van der Waals surface area (Å²) in [6.45, 7) is 10.1. The van der Waals surface area contributed by atoms with Crippen LogP contribution in [-0.2, 0) is 9.47 Å². The number of hydrogen-bond donors (Lipinski definition) is 1. The van der Waals surface area contributed by atoms with E-state index in [0.29, 0.717) is 11.8 Å². The van der Waals surface area contributed by atoms with Crippen molar-refractivity contribution in [2.75, 3.05) is 49.2 Å². The Balaban J connectivity index is 1.12. The number of hydrogen-bond acceptors (Lipinski definition) is 5. The van der Waals surface area contributed by atoms with Crippen molar-refractivity contribution >= 4 is 34.0 Å². The minimum absolute atomic E-state index is 0.0626. The van der Waals surface area contributed by atoms with Crippen LogP contribution in [-0.4, -0.2) is 55.7 Å². The minimum Gasteiger partial charge on any atom is -0.370 e. The number of piperidine rings is 2. The van der Waals surface area contributed by atoms with E-state index in [1.807, 2.05) is 12.3 Å². The summed E-state index contributed by atoms with van der Waals surface area (Å²) in [5.41, 5.74) is 3.76. The van der Waals surface area contributed by atoms with Crippen molar-refractivity contribution in [1.82, 2.24) is 9.97 Å². The summed E-state index contributed by atoms with van der Waals surface area (Å²) in [5.74, 6) is 2.12. The van der Waals surface area contributed by atoms with Gasteiger partial charge in [0.1, 0.15) is 5.82 Å². The number of anilines is 2. The highest BCUT2D eigenvalue weighted by Gasteiger charge is 2.29. The molecule has 39 heavy (non-hydrogen) atoms. The molecule has 212 valence electrons. The second kappa shape index (κ2) is 13.9. The number of H-pyrrole nitrogens is 1. The highest BCUT2D eigenvalue weighted by atomic mass is 35.5. The summed E-state index contributed by atoms with van der Waals surface area (Å²) in [6, 6.07) is 10.8. The van der Waals surface area contributed by atoms with Gasteiger partial charge in [0.15, 0.2) is 6.29 Å². The molecule has 0 amide bonds. The number of benzene rings is 1. The highest BCUT2D eigenvalue weighted by molar-refractivity contribution is 6.35. The summed E-state index contributed by atoms with van der Waals surface area (Å²) in [4.78, 5) is 13.2. The van der Waals surface area contributed by atoms with E-state index in [1.165, 1.54) is 11.3 Å². The number of aromatic amines is 1. The van der Waals surface area contributed by atoms with Gasteiger partial charge < -0.3 is 24.3 Å². The first-order chi connectivity index (χ1) is 19.2. The zero-order valence-corrected chi connectivity index (χ0v) is 24.5. The maximum atomic E-state index is 6.39. The quantitative estimate of drug-likeness (QED) is 0.184. The van der Waals surface area contributed by atoms with E-state index in [4.69, 9.17) is 26.1 Å². The van der Waals surface area contributed by atoms with Crippen molar-refractivity contribution in [2.45, 2.75) is 77.4 Å². The Kier molecular flexibility index (Phi) is 10.0. The average molecular weight is 553 g/mol. The normalized spacial score (nSPS) is 17.5. The Morgan fingerprint density at radius 3 is 2.23 bits per heavy atom. The van der Waals surface area contributed by atoms with Gasteiger partial charge in [-0.1, -0.05) is 44.4 Å². The zero-order valence-electron chi connectivity index (χ0n) is 23.7. The molecule has 5 rings (SSSR count). The summed E-state index contributed by atoms with van der Waals surface area (Å²) in [5, 5.41) is 1.91. The Labute approximate surface area is 239 Å². The fourth-order valence-electron chi connectivity index (χ4n) is 6.06. The molecule has 0 atom stereocenters. The molecule has 2 aromatic heterocycles. The Morgan fingerprint density at radius 2 is 1.59 bits per heavy atom. The van der Waals surface area contributed by atoms with Gasteiger partial charge in [0.05, 0.1) is 16.2 Å². The lowest BCUT2D eigenvalue weighted by Crippen LogP contribution is -2.40. The molecule has 0 bridgehead atoms. The number of halogens is 1. The highest BCUT2D eigenvalue weighted by Crippen LogP contribution is 2.36. The summed E-state index contributed by atoms with van der Waals surface area (Å²) < 4.78 is 12.4. The maximum Gasteiger partial charge on any atom is 0.160 e.